The standard InChI is InChI=1S/C17H30N2O2/c1-5-13-8-6-7-9-15(13)19-12(4)16(20)18-14(17(19)21)10-11(2)3/h11-15H,5-10H2,1-4H3,(H,18,20). The smallest absolute Gasteiger partial charge is 0.246 e. The lowest BCUT2D eigenvalue weighted by atomic mass is 9.80. The van der Waals surface area contributed by atoms with Gasteiger partial charge in [-0.3, -0.25) is 9.59 Å². The van der Waals surface area contributed by atoms with E-state index in [0.717, 1.165) is 19.3 Å². The maximum atomic E-state index is 12.9. The highest BCUT2D eigenvalue weighted by atomic mass is 16.2. The molecule has 0 aromatic carbocycles. The molecule has 21 heavy (non-hydrogen) atoms. The lowest BCUT2D eigenvalue weighted by molar-refractivity contribution is -0.154. The Morgan fingerprint density at radius 1 is 1.24 bits per heavy atom. The quantitative estimate of drug-likeness (QED) is 0.866. The summed E-state index contributed by atoms with van der Waals surface area (Å²) in [6.45, 7) is 8.27. The Bertz CT molecular complexity index is 394. The van der Waals surface area contributed by atoms with Gasteiger partial charge in [0.05, 0.1) is 0 Å². The molecule has 4 atom stereocenters. The largest absolute Gasteiger partial charge is 0.343 e. The highest BCUT2D eigenvalue weighted by Gasteiger charge is 2.43. The first-order chi connectivity index (χ1) is 9.95. The highest BCUT2D eigenvalue weighted by molar-refractivity contribution is 5.96. The van der Waals surface area contributed by atoms with Gasteiger partial charge in [-0.05, 0) is 38.0 Å². The number of amides is 2. The third kappa shape index (κ3) is 3.41. The molecule has 2 aliphatic rings. The molecule has 4 nitrogen and oxygen atoms in total. The van der Waals surface area contributed by atoms with Gasteiger partial charge in [0.15, 0.2) is 0 Å². The highest BCUT2D eigenvalue weighted by Crippen LogP contribution is 2.33. The average Bonchev–Trinajstić information content (AvgIpc) is 2.45. The van der Waals surface area contributed by atoms with Crippen LogP contribution in [-0.4, -0.2) is 34.8 Å². The summed E-state index contributed by atoms with van der Waals surface area (Å²) in [5.41, 5.74) is 0. The second kappa shape index (κ2) is 6.80. The molecule has 4 unspecified atom stereocenters. The Labute approximate surface area is 128 Å². The van der Waals surface area contributed by atoms with Crippen molar-refractivity contribution >= 4 is 11.8 Å². The van der Waals surface area contributed by atoms with E-state index in [-0.39, 0.29) is 29.9 Å². The molecule has 1 heterocycles. The van der Waals surface area contributed by atoms with Gasteiger partial charge in [-0.1, -0.05) is 40.0 Å². The van der Waals surface area contributed by atoms with E-state index in [0.29, 0.717) is 11.8 Å². The van der Waals surface area contributed by atoms with Gasteiger partial charge in [-0.2, -0.15) is 0 Å². The summed E-state index contributed by atoms with van der Waals surface area (Å²) in [5, 5.41) is 2.92. The van der Waals surface area contributed by atoms with Crippen LogP contribution in [0.3, 0.4) is 0 Å². The van der Waals surface area contributed by atoms with E-state index in [1.54, 1.807) is 0 Å². The van der Waals surface area contributed by atoms with Crippen molar-refractivity contribution < 1.29 is 9.59 Å². The molecule has 0 aromatic rings. The zero-order chi connectivity index (χ0) is 15.6. The molecule has 2 amide bonds. The fourth-order valence-corrected chi connectivity index (χ4v) is 3.96. The first-order valence-corrected chi connectivity index (χ1v) is 8.58. The van der Waals surface area contributed by atoms with Crippen LogP contribution in [0.1, 0.15) is 66.2 Å². The monoisotopic (exact) mass is 294 g/mol. The van der Waals surface area contributed by atoms with Gasteiger partial charge in [-0.15, -0.1) is 0 Å². The Balaban J connectivity index is 2.21. The molecule has 4 heteroatoms. The van der Waals surface area contributed by atoms with Crippen molar-refractivity contribution in [3.8, 4) is 0 Å². The number of nitrogens with zero attached hydrogens (tertiary/aromatic N) is 1. The molecule has 1 aliphatic heterocycles. The van der Waals surface area contributed by atoms with Gasteiger partial charge in [0.1, 0.15) is 12.1 Å². The van der Waals surface area contributed by atoms with Crippen LogP contribution in [0.2, 0.25) is 0 Å². The maximum Gasteiger partial charge on any atom is 0.246 e. The minimum absolute atomic E-state index is 0.0145. The van der Waals surface area contributed by atoms with Crippen LogP contribution in [0.5, 0.6) is 0 Å². The number of piperazine rings is 1. The number of hydrogen-bond acceptors (Lipinski definition) is 2. The van der Waals surface area contributed by atoms with Gasteiger partial charge >= 0.3 is 0 Å². The molecule has 1 saturated heterocycles. The zero-order valence-corrected chi connectivity index (χ0v) is 13.9. The molecule has 2 rings (SSSR count). The summed E-state index contributed by atoms with van der Waals surface area (Å²) in [6.07, 6.45) is 6.50. The molecule has 1 saturated carbocycles. The molecular weight excluding hydrogens is 264 g/mol. The maximum absolute atomic E-state index is 12.9. The van der Waals surface area contributed by atoms with Gasteiger partial charge < -0.3 is 10.2 Å². The van der Waals surface area contributed by atoms with Gasteiger partial charge in [0.25, 0.3) is 0 Å². The van der Waals surface area contributed by atoms with E-state index in [1.807, 2.05) is 11.8 Å². The van der Waals surface area contributed by atoms with Gasteiger partial charge in [0, 0.05) is 6.04 Å². The summed E-state index contributed by atoms with van der Waals surface area (Å²) in [6, 6.07) is -0.391. The van der Waals surface area contributed by atoms with Crippen LogP contribution < -0.4 is 5.32 Å². The predicted octanol–water partition coefficient (Wildman–Crippen LogP) is 2.72. The summed E-state index contributed by atoms with van der Waals surface area (Å²) in [4.78, 5) is 27.1. The number of carbonyl (C=O) groups is 2. The van der Waals surface area contributed by atoms with Crippen LogP contribution in [0.15, 0.2) is 0 Å². The topological polar surface area (TPSA) is 49.4 Å². The first-order valence-electron chi connectivity index (χ1n) is 8.58. The molecule has 2 fully saturated rings. The van der Waals surface area contributed by atoms with Crippen LogP contribution in [0, 0.1) is 11.8 Å². The molecule has 0 bridgehead atoms. The third-order valence-corrected chi connectivity index (χ3v) is 5.12. The van der Waals surface area contributed by atoms with Crippen molar-refractivity contribution in [2.24, 2.45) is 11.8 Å². The fourth-order valence-electron chi connectivity index (χ4n) is 3.96. The van der Waals surface area contributed by atoms with Crippen molar-refractivity contribution in [2.75, 3.05) is 0 Å². The van der Waals surface area contributed by atoms with Gasteiger partial charge in [0.2, 0.25) is 11.8 Å². The molecule has 0 radical (unpaired) electrons. The summed E-state index contributed by atoms with van der Waals surface area (Å²) >= 11 is 0. The summed E-state index contributed by atoms with van der Waals surface area (Å²) < 4.78 is 0. The van der Waals surface area contributed by atoms with E-state index in [2.05, 4.69) is 26.1 Å². The molecule has 0 spiro atoms. The number of carbonyl (C=O) groups excluding carboxylic acids is 2. The molecule has 0 aromatic heterocycles. The normalized spacial score (nSPS) is 34.2. The molecular formula is C17H30N2O2. The Morgan fingerprint density at radius 3 is 2.52 bits per heavy atom. The lowest BCUT2D eigenvalue weighted by Gasteiger charge is -2.46. The average molecular weight is 294 g/mol. The van der Waals surface area contributed by atoms with Crippen molar-refractivity contribution in [2.45, 2.75) is 84.3 Å². The van der Waals surface area contributed by atoms with Crippen molar-refractivity contribution in [1.82, 2.24) is 10.2 Å². The van der Waals surface area contributed by atoms with E-state index >= 15 is 0 Å². The van der Waals surface area contributed by atoms with Crippen LogP contribution in [0.25, 0.3) is 0 Å². The van der Waals surface area contributed by atoms with E-state index in [4.69, 9.17) is 0 Å². The lowest BCUT2D eigenvalue weighted by Crippen LogP contribution is -2.66. The third-order valence-electron chi connectivity index (χ3n) is 5.12. The van der Waals surface area contributed by atoms with Gasteiger partial charge in [-0.25, -0.2) is 0 Å². The number of nitrogens with one attached hydrogen (secondary N) is 1. The fraction of sp³-hybridized carbons (Fsp3) is 0.882. The van der Waals surface area contributed by atoms with E-state index in [9.17, 15) is 9.59 Å². The second-order valence-electron chi connectivity index (χ2n) is 7.13. The second-order valence-corrected chi connectivity index (χ2v) is 7.13. The zero-order valence-electron chi connectivity index (χ0n) is 13.9. The summed E-state index contributed by atoms with van der Waals surface area (Å²) in [5.74, 6) is 1.11. The van der Waals surface area contributed by atoms with Crippen LogP contribution in [-0.2, 0) is 9.59 Å². The van der Waals surface area contributed by atoms with E-state index < -0.39 is 0 Å². The molecule has 120 valence electrons. The minimum atomic E-state index is -0.326. The molecule has 1 N–H and O–H groups in total. The Morgan fingerprint density at radius 2 is 1.90 bits per heavy atom. The molecule has 1 aliphatic carbocycles. The predicted molar refractivity (Wildman–Crippen MR) is 83.7 cm³/mol. The number of rotatable bonds is 4. The number of hydrogen-bond donors (Lipinski definition) is 1. The first kappa shape index (κ1) is 16.3. The van der Waals surface area contributed by atoms with E-state index in [1.165, 1.54) is 19.3 Å². The Kier molecular flexibility index (Phi) is 5.28. The minimum Gasteiger partial charge on any atom is -0.343 e. The van der Waals surface area contributed by atoms with Crippen molar-refractivity contribution in [1.29, 1.82) is 0 Å². The SMILES string of the molecule is CCC1CCCCC1N1C(=O)C(CC(C)C)NC(=O)C1C. The van der Waals surface area contributed by atoms with Crippen LogP contribution in [0.4, 0.5) is 0 Å². The summed E-state index contributed by atoms with van der Waals surface area (Å²) in [7, 11) is 0. The van der Waals surface area contributed by atoms with Crippen molar-refractivity contribution in [3.05, 3.63) is 0 Å². The van der Waals surface area contributed by atoms with Crippen LogP contribution >= 0.6 is 0 Å². The Hall–Kier alpha value is -1.06. The van der Waals surface area contributed by atoms with Crippen molar-refractivity contribution in [3.63, 3.8) is 0 Å².